The van der Waals surface area contributed by atoms with Gasteiger partial charge in [0.05, 0.1) is 5.75 Å². The number of carbonyl (C=O) groups is 1. The van der Waals surface area contributed by atoms with Gasteiger partial charge in [0.1, 0.15) is 0 Å². The molecule has 6 nitrogen and oxygen atoms in total. The molecule has 2 N–H and O–H groups in total. The predicted molar refractivity (Wildman–Crippen MR) is 69.0 cm³/mol. The van der Waals surface area contributed by atoms with E-state index < -0.39 is 16.0 Å². The SMILES string of the molecule is O=C(O)CCCS(=O)(=O)NCCCN1CCCC1. The van der Waals surface area contributed by atoms with E-state index in [0.29, 0.717) is 6.54 Å². The quantitative estimate of drug-likeness (QED) is 0.591. The molecule has 1 aliphatic rings. The minimum atomic E-state index is -3.30. The molecule has 7 heteroatoms. The molecule has 0 spiro atoms. The Balaban J connectivity index is 2.07. The summed E-state index contributed by atoms with van der Waals surface area (Å²) in [4.78, 5) is 12.6. The van der Waals surface area contributed by atoms with Gasteiger partial charge < -0.3 is 10.0 Å². The summed E-state index contributed by atoms with van der Waals surface area (Å²) >= 11 is 0. The zero-order valence-electron chi connectivity index (χ0n) is 10.6. The molecule has 0 aromatic heterocycles. The van der Waals surface area contributed by atoms with Crippen molar-refractivity contribution < 1.29 is 18.3 Å². The maximum absolute atomic E-state index is 11.5. The molecule has 0 aromatic carbocycles. The third-order valence-electron chi connectivity index (χ3n) is 2.98. The van der Waals surface area contributed by atoms with Gasteiger partial charge in [-0.3, -0.25) is 4.79 Å². The first-order chi connectivity index (χ1) is 8.49. The van der Waals surface area contributed by atoms with E-state index in [2.05, 4.69) is 9.62 Å². The Morgan fingerprint density at radius 1 is 1.22 bits per heavy atom. The number of sulfonamides is 1. The molecule has 1 rings (SSSR count). The van der Waals surface area contributed by atoms with Gasteiger partial charge in [0.15, 0.2) is 0 Å². The molecule has 1 fully saturated rings. The van der Waals surface area contributed by atoms with Crippen LogP contribution in [0.3, 0.4) is 0 Å². The molecule has 1 saturated heterocycles. The van der Waals surface area contributed by atoms with Crippen LogP contribution in [0.15, 0.2) is 0 Å². The number of rotatable bonds is 9. The number of carboxylic acid groups (broad SMARTS) is 1. The van der Waals surface area contributed by atoms with Gasteiger partial charge in [-0.1, -0.05) is 0 Å². The number of aliphatic carboxylic acids is 1. The first-order valence-corrected chi connectivity index (χ1v) is 8.06. The maximum atomic E-state index is 11.5. The number of nitrogens with zero attached hydrogens (tertiary/aromatic N) is 1. The summed E-state index contributed by atoms with van der Waals surface area (Å²) in [5.74, 6) is -1.07. The Kier molecular flexibility index (Phi) is 6.59. The minimum Gasteiger partial charge on any atom is -0.481 e. The molecular formula is C11H22N2O4S. The summed E-state index contributed by atoms with van der Waals surface area (Å²) in [5, 5.41) is 8.42. The van der Waals surface area contributed by atoms with Gasteiger partial charge in [0.2, 0.25) is 10.0 Å². The normalized spacial score (nSPS) is 17.1. The largest absolute Gasteiger partial charge is 0.481 e. The molecule has 18 heavy (non-hydrogen) atoms. The Bertz CT molecular complexity index is 350. The summed E-state index contributed by atoms with van der Waals surface area (Å²) < 4.78 is 25.5. The number of hydrogen-bond donors (Lipinski definition) is 2. The first kappa shape index (κ1) is 15.4. The Morgan fingerprint density at radius 3 is 2.50 bits per heavy atom. The second-order valence-corrected chi connectivity index (χ2v) is 6.54. The molecular weight excluding hydrogens is 256 g/mol. The van der Waals surface area contributed by atoms with E-state index in [-0.39, 0.29) is 18.6 Å². The molecule has 0 unspecified atom stereocenters. The monoisotopic (exact) mass is 278 g/mol. The van der Waals surface area contributed by atoms with Crippen LogP contribution in [0.1, 0.15) is 32.1 Å². The van der Waals surface area contributed by atoms with Crippen molar-refractivity contribution in [1.29, 1.82) is 0 Å². The molecule has 0 amide bonds. The van der Waals surface area contributed by atoms with Crippen LogP contribution in [0.25, 0.3) is 0 Å². The molecule has 1 heterocycles. The van der Waals surface area contributed by atoms with Crippen molar-refractivity contribution in [3.05, 3.63) is 0 Å². The van der Waals surface area contributed by atoms with Gasteiger partial charge in [0.25, 0.3) is 0 Å². The molecule has 0 aliphatic carbocycles. The molecule has 0 saturated carbocycles. The van der Waals surface area contributed by atoms with Crippen molar-refractivity contribution in [1.82, 2.24) is 9.62 Å². The Hall–Kier alpha value is -0.660. The van der Waals surface area contributed by atoms with E-state index in [0.717, 1.165) is 26.1 Å². The van der Waals surface area contributed by atoms with Crippen molar-refractivity contribution >= 4 is 16.0 Å². The lowest BCUT2D eigenvalue weighted by atomic mass is 10.3. The van der Waals surface area contributed by atoms with Gasteiger partial charge >= 0.3 is 5.97 Å². The van der Waals surface area contributed by atoms with E-state index in [1.165, 1.54) is 12.8 Å². The number of likely N-dealkylation sites (tertiary alicyclic amines) is 1. The molecule has 0 radical (unpaired) electrons. The van der Waals surface area contributed by atoms with E-state index in [4.69, 9.17) is 5.11 Å². The molecule has 0 atom stereocenters. The lowest BCUT2D eigenvalue weighted by Gasteiger charge is -2.14. The summed E-state index contributed by atoms with van der Waals surface area (Å²) in [6.45, 7) is 3.60. The van der Waals surface area contributed by atoms with Crippen molar-refractivity contribution in [2.75, 3.05) is 31.9 Å². The van der Waals surface area contributed by atoms with E-state index in [1.807, 2.05) is 0 Å². The van der Waals surface area contributed by atoms with Crippen LogP contribution >= 0.6 is 0 Å². The molecule has 1 aliphatic heterocycles. The van der Waals surface area contributed by atoms with Crippen LogP contribution in [0, 0.1) is 0 Å². The number of carboxylic acids is 1. The first-order valence-electron chi connectivity index (χ1n) is 6.41. The van der Waals surface area contributed by atoms with Crippen LogP contribution < -0.4 is 4.72 Å². The molecule has 106 valence electrons. The predicted octanol–water partition coefficient (Wildman–Crippen LogP) is 0.257. The molecule has 0 aromatic rings. The highest BCUT2D eigenvalue weighted by Gasteiger charge is 2.13. The Morgan fingerprint density at radius 2 is 1.89 bits per heavy atom. The van der Waals surface area contributed by atoms with Crippen LogP contribution in [-0.4, -0.2) is 56.3 Å². The van der Waals surface area contributed by atoms with Crippen LogP contribution in [0.2, 0.25) is 0 Å². The second kappa shape index (κ2) is 7.70. The number of hydrogen-bond acceptors (Lipinski definition) is 4. The van der Waals surface area contributed by atoms with Crippen LogP contribution in [0.4, 0.5) is 0 Å². The van der Waals surface area contributed by atoms with E-state index in [9.17, 15) is 13.2 Å². The van der Waals surface area contributed by atoms with Crippen LogP contribution in [0.5, 0.6) is 0 Å². The van der Waals surface area contributed by atoms with E-state index in [1.54, 1.807) is 0 Å². The topological polar surface area (TPSA) is 86.7 Å². The summed E-state index contributed by atoms with van der Waals surface area (Å²) in [6, 6.07) is 0. The standard InChI is InChI=1S/C11H22N2O4S/c14-11(15)5-3-10-18(16,17)12-6-4-9-13-7-1-2-8-13/h12H,1-10H2,(H,14,15). The highest BCUT2D eigenvalue weighted by atomic mass is 32.2. The van der Waals surface area contributed by atoms with Crippen molar-refractivity contribution in [2.45, 2.75) is 32.1 Å². The molecule has 0 bridgehead atoms. The van der Waals surface area contributed by atoms with Gasteiger partial charge in [-0.05, 0) is 45.3 Å². The van der Waals surface area contributed by atoms with Crippen molar-refractivity contribution in [2.24, 2.45) is 0 Å². The third kappa shape index (κ3) is 6.93. The summed E-state index contributed by atoms with van der Waals surface area (Å²) in [6.07, 6.45) is 3.34. The zero-order valence-corrected chi connectivity index (χ0v) is 11.4. The Labute approximate surface area is 108 Å². The van der Waals surface area contributed by atoms with Gasteiger partial charge in [-0.2, -0.15) is 0 Å². The summed E-state index contributed by atoms with van der Waals surface area (Å²) in [5.41, 5.74) is 0. The van der Waals surface area contributed by atoms with Crippen molar-refractivity contribution in [3.63, 3.8) is 0 Å². The second-order valence-electron chi connectivity index (χ2n) is 4.61. The zero-order chi connectivity index (χ0) is 13.4. The van der Waals surface area contributed by atoms with Crippen molar-refractivity contribution in [3.8, 4) is 0 Å². The van der Waals surface area contributed by atoms with Gasteiger partial charge in [0, 0.05) is 13.0 Å². The lowest BCUT2D eigenvalue weighted by Crippen LogP contribution is -2.30. The van der Waals surface area contributed by atoms with Gasteiger partial charge in [-0.15, -0.1) is 0 Å². The lowest BCUT2D eigenvalue weighted by molar-refractivity contribution is -0.137. The van der Waals surface area contributed by atoms with Crippen LogP contribution in [-0.2, 0) is 14.8 Å². The van der Waals surface area contributed by atoms with E-state index >= 15 is 0 Å². The third-order valence-corrected chi connectivity index (χ3v) is 4.45. The number of nitrogens with one attached hydrogen (secondary N) is 1. The smallest absolute Gasteiger partial charge is 0.303 e. The fourth-order valence-electron chi connectivity index (χ4n) is 2.02. The summed E-state index contributed by atoms with van der Waals surface area (Å²) in [7, 11) is -3.30. The fraction of sp³-hybridized carbons (Fsp3) is 0.909. The van der Waals surface area contributed by atoms with Gasteiger partial charge in [-0.25, -0.2) is 13.1 Å². The fourth-order valence-corrected chi connectivity index (χ4v) is 3.15. The minimum absolute atomic E-state index is 0.102. The highest BCUT2D eigenvalue weighted by molar-refractivity contribution is 7.89. The average molecular weight is 278 g/mol. The highest BCUT2D eigenvalue weighted by Crippen LogP contribution is 2.07. The maximum Gasteiger partial charge on any atom is 0.303 e. The average Bonchev–Trinajstić information content (AvgIpc) is 2.76.